The van der Waals surface area contributed by atoms with Crippen LogP contribution in [0.5, 0.6) is 0 Å². The van der Waals surface area contributed by atoms with Crippen LogP contribution in [0.4, 0.5) is 0 Å². The van der Waals surface area contributed by atoms with Crippen LogP contribution in [0.3, 0.4) is 0 Å². The largest absolute Gasteiger partial charge is 0.391 e. The van der Waals surface area contributed by atoms with E-state index in [1.165, 1.54) is 0 Å². The third-order valence-corrected chi connectivity index (χ3v) is 2.10. The summed E-state index contributed by atoms with van der Waals surface area (Å²) < 4.78 is 0. The second kappa shape index (κ2) is 4.70. The van der Waals surface area contributed by atoms with Gasteiger partial charge in [-0.3, -0.25) is 0 Å². The van der Waals surface area contributed by atoms with Crippen molar-refractivity contribution < 1.29 is 5.11 Å². The average molecular weight is 158 g/mol. The van der Waals surface area contributed by atoms with Gasteiger partial charge in [-0.25, -0.2) is 0 Å². The van der Waals surface area contributed by atoms with E-state index in [2.05, 4.69) is 17.6 Å². The Labute approximate surface area is 68.2 Å². The zero-order valence-electron chi connectivity index (χ0n) is 7.14. The lowest BCUT2D eigenvalue weighted by Crippen LogP contribution is -2.52. The highest BCUT2D eigenvalue weighted by atomic mass is 16.3. The molecule has 1 aliphatic heterocycles. The molecule has 1 fully saturated rings. The van der Waals surface area contributed by atoms with Gasteiger partial charge in [-0.1, -0.05) is 6.92 Å². The van der Waals surface area contributed by atoms with Gasteiger partial charge in [-0.05, 0) is 25.9 Å². The molecule has 11 heavy (non-hydrogen) atoms. The molecule has 0 bridgehead atoms. The molecule has 0 spiro atoms. The standard InChI is InChI=1S/C8H18N2O/c1-2-4-10-7-6-9-5-3-8(7)11/h7-11H,2-6H2,1H3. The molecule has 66 valence electrons. The van der Waals surface area contributed by atoms with Crippen molar-refractivity contribution in [3.05, 3.63) is 0 Å². The van der Waals surface area contributed by atoms with E-state index >= 15 is 0 Å². The fourth-order valence-corrected chi connectivity index (χ4v) is 1.38. The summed E-state index contributed by atoms with van der Waals surface area (Å²) in [6.45, 7) is 4.99. The summed E-state index contributed by atoms with van der Waals surface area (Å²) in [7, 11) is 0. The molecule has 2 atom stereocenters. The molecule has 0 radical (unpaired) electrons. The van der Waals surface area contributed by atoms with Crippen molar-refractivity contribution in [1.82, 2.24) is 10.6 Å². The number of aliphatic hydroxyl groups excluding tert-OH is 1. The molecule has 1 heterocycles. The Kier molecular flexibility index (Phi) is 3.83. The van der Waals surface area contributed by atoms with E-state index in [9.17, 15) is 5.11 Å². The normalized spacial score (nSPS) is 32.2. The van der Waals surface area contributed by atoms with Gasteiger partial charge in [0.05, 0.1) is 6.10 Å². The minimum absolute atomic E-state index is 0.150. The molecule has 0 amide bonds. The Hall–Kier alpha value is -0.120. The van der Waals surface area contributed by atoms with Crippen molar-refractivity contribution in [3.8, 4) is 0 Å². The van der Waals surface area contributed by atoms with Crippen molar-refractivity contribution in [2.75, 3.05) is 19.6 Å². The highest BCUT2D eigenvalue weighted by Crippen LogP contribution is 2.02. The monoisotopic (exact) mass is 158 g/mol. The van der Waals surface area contributed by atoms with Crippen molar-refractivity contribution >= 4 is 0 Å². The molecule has 3 nitrogen and oxygen atoms in total. The third-order valence-electron chi connectivity index (χ3n) is 2.10. The van der Waals surface area contributed by atoms with Crippen molar-refractivity contribution in [3.63, 3.8) is 0 Å². The van der Waals surface area contributed by atoms with E-state index in [1.807, 2.05) is 0 Å². The number of aliphatic hydroxyl groups is 1. The van der Waals surface area contributed by atoms with E-state index in [0.29, 0.717) is 0 Å². The highest BCUT2D eigenvalue weighted by molar-refractivity contribution is 4.82. The Morgan fingerprint density at radius 3 is 3.09 bits per heavy atom. The average Bonchev–Trinajstić information content (AvgIpc) is 2.03. The Morgan fingerprint density at radius 2 is 2.45 bits per heavy atom. The van der Waals surface area contributed by atoms with Crippen molar-refractivity contribution in [2.45, 2.75) is 31.9 Å². The number of hydrogen-bond donors (Lipinski definition) is 3. The number of nitrogens with one attached hydrogen (secondary N) is 2. The molecule has 0 aliphatic carbocycles. The Morgan fingerprint density at radius 1 is 1.64 bits per heavy atom. The summed E-state index contributed by atoms with van der Waals surface area (Å²) in [4.78, 5) is 0. The first kappa shape index (κ1) is 8.97. The molecule has 3 heteroatoms. The van der Waals surface area contributed by atoms with Gasteiger partial charge in [0.15, 0.2) is 0 Å². The summed E-state index contributed by atoms with van der Waals surface area (Å²) in [5.41, 5.74) is 0. The van der Waals surface area contributed by atoms with Gasteiger partial charge >= 0.3 is 0 Å². The molecule has 2 unspecified atom stereocenters. The van der Waals surface area contributed by atoms with Crippen LogP contribution in [0.25, 0.3) is 0 Å². The van der Waals surface area contributed by atoms with Crippen LogP contribution in [-0.2, 0) is 0 Å². The van der Waals surface area contributed by atoms with Crippen LogP contribution >= 0.6 is 0 Å². The van der Waals surface area contributed by atoms with Crippen molar-refractivity contribution in [2.24, 2.45) is 0 Å². The maximum atomic E-state index is 9.49. The topological polar surface area (TPSA) is 44.3 Å². The molecule has 0 aromatic carbocycles. The first-order valence-corrected chi connectivity index (χ1v) is 4.46. The van der Waals surface area contributed by atoms with E-state index in [1.54, 1.807) is 0 Å². The van der Waals surface area contributed by atoms with Crippen LogP contribution in [0.1, 0.15) is 19.8 Å². The Bertz CT molecular complexity index is 108. The van der Waals surface area contributed by atoms with Crippen LogP contribution in [0.15, 0.2) is 0 Å². The summed E-state index contributed by atoms with van der Waals surface area (Å²) >= 11 is 0. The van der Waals surface area contributed by atoms with Gasteiger partial charge in [0.2, 0.25) is 0 Å². The maximum Gasteiger partial charge on any atom is 0.0717 e. The molecule has 0 saturated carbocycles. The van der Waals surface area contributed by atoms with E-state index in [0.717, 1.165) is 32.5 Å². The van der Waals surface area contributed by atoms with Gasteiger partial charge in [0.1, 0.15) is 0 Å². The van der Waals surface area contributed by atoms with E-state index in [-0.39, 0.29) is 12.1 Å². The quantitative estimate of drug-likeness (QED) is 0.529. The van der Waals surface area contributed by atoms with Crippen molar-refractivity contribution in [1.29, 1.82) is 0 Å². The minimum Gasteiger partial charge on any atom is -0.391 e. The lowest BCUT2D eigenvalue weighted by molar-refractivity contribution is 0.0995. The predicted octanol–water partition coefficient (Wildman–Crippen LogP) is -0.291. The summed E-state index contributed by atoms with van der Waals surface area (Å²) in [6.07, 6.45) is 1.85. The fourth-order valence-electron chi connectivity index (χ4n) is 1.38. The maximum absolute atomic E-state index is 9.49. The van der Waals surface area contributed by atoms with Crippen LogP contribution in [-0.4, -0.2) is 36.9 Å². The molecular weight excluding hydrogens is 140 g/mol. The van der Waals surface area contributed by atoms with E-state index < -0.39 is 0 Å². The zero-order valence-corrected chi connectivity index (χ0v) is 7.14. The molecular formula is C8H18N2O. The lowest BCUT2D eigenvalue weighted by Gasteiger charge is -2.29. The van der Waals surface area contributed by atoms with Crippen LogP contribution in [0.2, 0.25) is 0 Å². The fraction of sp³-hybridized carbons (Fsp3) is 1.00. The minimum atomic E-state index is -0.150. The number of rotatable bonds is 3. The van der Waals surface area contributed by atoms with Gasteiger partial charge < -0.3 is 15.7 Å². The summed E-state index contributed by atoms with van der Waals surface area (Å²) in [5.74, 6) is 0. The van der Waals surface area contributed by atoms with Gasteiger partial charge in [0.25, 0.3) is 0 Å². The van der Waals surface area contributed by atoms with Gasteiger partial charge in [-0.2, -0.15) is 0 Å². The third kappa shape index (κ3) is 2.77. The molecule has 1 saturated heterocycles. The Balaban J connectivity index is 2.18. The molecule has 0 aromatic heterocycles. The second-order valence-electron chi connectivity index (χ2n) is 3.12. The van der Waals surface area contributed by atoms with E-state index in [4.69, 9.17) is 0 Å². The number of piperidine rings is 1. The summed E-state index contributed by atoms with van der Waals surface area (Å²) in [5, 5.41) is 16.1. The molecule has 0 aromatic rings. The summed E-state index contributed by atoms with van der Waals surface area (Å²) in [6, 6.07) is 0.267. The SMILES string of the molecule is CCCNC1CNCCC1O. The highest BCUT2D eigenvalue weighted by Gasteiger charge is 2.21. The first-order chi connectivity index (χ1) is 5.34. The smallest absolute Gasteiger partial charge is 0.0717 e. The lowest BCUT2D eigenvalue weighted by atomic mass is 10.0. The van der Waals surface area contributed by atoms with Gasteiger partial charge in [0, 0.05) is 12.6 Å². The van der Waals surface area contributed by atoms with Crippen LogP contribution in [0, 0.1) is 0 Å². The molecule has 1 aliphatic rings. The first-order valence-electron chi connectivity index (χ1n) is 4.46. The van der Waals surface area contributed by atoms with Gasteiger partial charge in [-0.15, -0.1) is 0 Å². The molecule has 3 N–H and O–H groups in total. The zero-order chi connectivity index (χ0) is 8.10. The number of hydrogen-bond acceptors (Lipinski definition) is 3. The second-order valence-corrected chi connectivity index (χ2v) is 3.12. The predicted molar refractivity (Wildman–Crippen MR) is 45.6 cm³/mol. The molecule has 1 rings (SSSR count). The van der Waals surface area contributed by atoms with Crippen LogP contribution < -0.4 is 10.6 Å².